The SMILES string of the molecule is CN(c1ccc2c(n1)OCc1cc(Br)ccc1-2)[C@H]1C[C@@H]2CC[C@@H](C2)C1. The van der Waals surface area contributed by atoms with Crippen molar-refractivity contribution in [2.24, 2.45) is 11.8 Å². The number of hydrogen-bond donors (Lipinski definition) is 0. The fourth-order valence-electron chi connectivity index (χ4n) is 5.01. The first-order chi connectivity index (χ1) is 12.2. The van der Waals surface area contributed by atoms with E-state index in [1.54, 1.807) is 0 Å². The summed E-state index contributed by atoms with van der Waals surface area (Å²) < 4.78 is 7.07. The Bertz CT molecular complexity index is 810. The van der Waals surface area contributed by atoms with E-state index < -0.39 is 0 Å². The van der Waals surface area contributed by atoms with Gasteiger partial charge < -0.3 is 9.64 Å². The molecule has 2 aromatic rings. The van der Waals surface area contributed by atoms with Crippen LogP contribution in [0.25, 0.3) is 11.1 Å². The Morgan fingerprint density at radius 3 is 2.60 bits per heavy atom. The van der Waals surface area contributed by atoms with Crippen molar-refractivity contribution in [2.75, 3.05) is 11.9 Å². The third-order valence-corrected chi connectivity index (χ3v) is 6.83. The number of pyridine rings is 1. The van der Waals surface area contributed by atoms with Crippen LogP contribution in [0, 0.1) is 11.8 Å². The summed E-state index contributed by atoms with van der Waals surface area (Å²) in [5, 5.41) is 0. The lowest BCUT2D eigenvalue weighted by atomic mass is 9.85. The second-order valence-corrected chi connectivity index (χ2v) is 8.81. The van der Waals surface area contributed by atoms with Gasteiger partial charge in [0.05, 0.1) is 0 Å². The van der Waals surface area contributed by atoms with E-state index in [0.717, 1.165) is 33.6 Å². The quantitative estimate of drug-likeness (QED) is 0.675. The van der Waals surface area contributed by atoms with Crippen LogP contribution in [0.1, 0.15) is 37.7 Å². The van der Waals surface area contributed by atoms with Crippen LogP contribution in [0.15, 0.2) is 34.8 Å². The number of fused-ring (bicyclic) bond motifs is 5. The largest absolute Gasteiger partial charge is 0.472 e. The summed E-state index contributed by atoms with van der Waals surface area (Å²) in [6.07, 6.45) is 6.97. The summed E-state index contributed by atoms with van der Waals surface area (Å²) in [5.41, 5.74) is 3.56. The van der Waals surface area contributed by atoms with Crippen molar-refractivity contribution in [3.63, 3.8) is 0 Å². The summed E-state index contributed by atoms with van der Waals surface area (Å²) >= 11 is 3.54. The molecule has 3 atom stereocenters. The van der Waals surface area contributed by atoms with Gasteiger partial charge in [0.15, 0.2) is 0 Å². The van der Waals surface area contributed by atoms with Crippen LogP contribution in [0.4, 0.5) is 5.82 Å². The topological polar surface area (TPSA) is 25.4 Å². The van der Waals surface area contributed by atoms with Gasteiger partial charge in [0.2, 0.25) is 5.88 Å². The lowest BCUT2D eigenvalue weighted by molar-refractivity contribution is 0.288. The molecule has 0 unspecified atom stereocenters. The highest BCUT2D eigenvalue weighted by Crippen LogP contribution is 2.44. The number of halogens is 1. The first-order valence-corrected chi connectivity index (χ1v) is 10.1. The number of ether oxygens (including phenoxy) is 1. The minimum atomic E-state index is 0.593. The Morgan fingerprint density at radius 1 is 1.04 bits per heavy atom. The van der Waals surface area contributed by atoms with Crippen LogP contribution in [0.5, 0.6) is 5.88 Å². The summed E-state index contributed by atoms with van der Waals surface area (Å²) in [6.45, 7) is 0.593. The Morgan fingerprint density at radius 2 is 1.80 bits per heavy atom. The summed E-state index contributed by atoms with van der Waals surface area (Å²) in [6, 6.07) is 11.4. The van der Waals surface area contributed by atoms with E-state index in [-0.39, 0.29) is 0 Å². The summed E-state index contributed by atoms with van der Waals surface area (Å²) in [5.74, 6) is 3.69. The molecular formula is C21H23BrN2O. The molecule has 4 heteroatoms. The summed E-state index contributed by atoms with van der Waals surface area (Å²) in [7, 11) is 2.21. The van der Waals surface area contributed by atoms with E-state index in [2.05, 4.69) is 58.2 Å². The maximum Gasteiger partial charge on any atom is 0.223 e. The molecule has 1 aliphatic heterocycles. The standard InChI is InChI=1S/C21H23BrN2O/c1-24(17-9-13-2-3-14(8-13)10-17)20-7-6-19-18-5-4-16(22)11-15(18)12-25-21(19)23-20/h4-7,11,13-14,17H,2-3,8-10,12H2,1H3/t13-,14+,17+. The van der Waals surface area contributed by atoms with E-state index >= 15 is 0 Å². The smallest absolute Gasteiger partial charge is 0.223 e. The van der Waals surface area contributed by atoms with Gasteiger partial charge in [-0.05, 0) is 66.5 Å². The van der Waals surface area contributed by atoms with Crippen molar-refractivity contribution >= 4 is 21.7 Å². The van der Waals surface area contributed by atoms with Gasteiger partial charge in [0, 0.05) is 23.1 Å². The van der Waals surface area contributed by atoms with Gasteiger partial charge in [-0.2, -0.15) is 4.98 Å². The van der Waals surface area contributed by atoms with E-state index in [0.29, 0.717) is 12.6 Å². The fourth-order valence-corrected chi connectivity index (χ4v) is 5.42. The van der Waals surface area contributed by atoms with Gasteiger partial charge in [-0.25, -0.2) is 0 Å². The molecule has 3 nitrogen and oxygen atoms in total. The molecule has 3 aliphatic rings. The van der Waals surface area contributed by atoms with Gasteiger partial charge in [-0.1, -0.05) is 34.8 Å². The van der Waals surface area contributed by atoms with Gasteiger partial charge in [-0.3, -0.25) is 0 Å². The molecule has 25 heavy (non-hydrogen) atoms. The second kappa shape index (κ2) is 6.01. The highest BCUT2D eigenvalue weighted by Gasteiger charge is 2.36. The monoisotopic (exact) mass is 398 g/mol. The normalized spacial score (nSPS) is 26.6. The minimum Gasteiger partial charge on any atom is -0.472 e. The van der Waals surface area contributed by atoms with Crippen LogP contribution in [-0.2, 0) is 6.61 Å². The third-order valence-electron chi connectivity index (χ3n) is 6.34. The van der Waals surface area contributed by atoms with Crippen LogP contribution in [-0.4, -0.2) is 18.1 Å². The summed E-state index contributed by atoms with van der Waals surface area (Å²) in [4.78, 5) is 7.27. The van der Waals surface area contributed by atoms with Crippen molar-refractivity contribution in [3.8, 4) is 17.0 Å². The highest BCUT2D eigenvalue weighted by atomic mass is 79.9. The molecule has 0 amide bonds. The molecule has 2 fully saturated rings. The minimum absolute atomic E-state index is 0.593. The Hall–Kier alpha value is -1.55. The molecule has 2 aliphatic carbocycles. The highest BCUT2D eigenvalue weighted by molar-refractivity contribution is 9.10. The van der Waals surface area contributed by atoms with Crippen molar-refractivity contribution in [1.29, 1.82) is 0 Å². The number of anilines is 1. The van der Waals surface area contributed by atoms with E-state index in [1.807, 2.05) is 0 Å². The number of rotatable bonds is 2. The van der Waals surface area contributed by atoms with Gasteiger partial charge in [0.25, 0.3) is 0 Å². The zero-order valence-corrected chi connectivity index (χ0v) is 16.1. The zero-order chi connectivity index (χ0) is 17.0. The average Bonchev–Trinajstić information content (AvgIpc) is 2.98. The number of aromatic nitrogens is 1. The van der Waals surface area contributed by atoms with Gasteiger partial charge >= 0.3 is 0 Å². The lowest BCUT2D eigenvalue weighted by Crippen LogP contribution is -2.37. The number of benzene rings is 1. The predicted octanol–water partition coefficient (Wildman–Crippen LogP) is 5.42. The molecule has 2 bridgehead atoms. The molecule has 2 saturated carbocycles. The van der Waals surface area contributed by atoms with Crippen LogP contribution < -0.4 is 9.64 Å². The Labute approximate surface area is 157 Å². The molecule has 0 saturated heterocycles. The van der Waals surface area contributed by atoms with Crippen molar-refractivity contribution < 1.29 is 4.74 Å². The molecule has 0 radical (unpaired) electrons. The molecule has 1 aromatic carbocycles. The van der Waals surface area contributed by atoms with Crippen molar-refractivity contribution in [3.05, 3.63) is 40.4 Å². The first kappa shape index (κ1) is 15.7. The molecule has 0 N–H and O–H groups in total. The van der Waals surface area contributed by atoms with Gasteiger partial charge in [-0.15, -0.1) is 0 Å². The molecular weight excluding hydrogens is 376 g/mol. The van der Waals surface area contributed by atoms with Crippen LogP contribution in [0.3, 0.4) is 0 Å². The molecule has 5 rings (SSSR count). The van der Waals surface area contributed by atoms with Gasteiger partial charge in [0.1, 0.15) is 12.4 Å². The van der Waals surface area contributed by atoms with Crippen molar-refractivity contribution in [2.45, 2.75) is 44.8 Å². The maximum atomic E-state index is 5.98. The Kier molecular flexibility index (Phi) is 3.77. The fraction of sp³-hybridized carbons (Fsp3) is 0.476. The number of hydrogen-bond acceptors (Lipinski definition) is 3. The zero-order valence-electron chi connectivity index (χ0n) is 14.5. The van der Waals surface area contributed by atoms with E-state index in [1.165, 1.54) is 43.2 Å². The second-order valence-electron chi connectivity index (χ2n) is 7.89. The van der Waals surface area contributed by atoms with Crippen LogP contribution in [0.2, 0.25) is 0 Å². The predicted molar refractivity (Wildman–Crippen MR) is 104 cm³/mol. The Balaban J connectivity index is 1.44. The third kappa shape index (κ3) is 2.75. The molecule has 130 valence electrons. The van der Waals surface area contributed by atoms with E-state index in [9.17, 15) is 0 Å². The maximum absolute atomic E-state index is 5.98. The molecule has 2 heterocycles. The number of nitrogens with zero attached hydrogens (tertiary/aromatic N) is 2. The van der Waals surface area contributed by atoms with Crippen molar-refractivity contribution in [1.82, 2.24) is 4.98 Å². The van der Waals surface area contributed by atoms with E-state index in [4.69, 9.17) is 9.72 Å². The molecule has 0 spiro atoms. The molecule has 1 aromatic heterocycles. The van der Waals surface area contributed by atoms with Crippen LogP contribution >= 0.6 is 15.9 Å². The average molecular weight is 399 g/mol. The first-order valence-electron chi connectivity index (χ1n) is 9.33. The lowest BCUT2D eigenvalue weighted by Gasteiger charge is -2.36.